The molecule has 1 heterocycles. The molecule has 3 atom stereocenters. The molecule has 6 N–H and O–H groups in total. The molecular formula is C32H27ClN7O12S4-. The summed E-state index contributed by atoms with van der Waals surface area (Å²) in [5, 5.41) is 23.5. The number of azo groups is 1. The second kappa shape index (κ2) is 15.4. The highest BCUT2D eigenvalue weighted by Gasteiger charge is 2.29. The van der Waals surface area contributed by atoms with Gasteiger partial charge >= 0.3 is 0 Å². The van der Waals surface area contributed by atoms with Gasteiger partial charge in [0.05, 0.1) is 22.5 Å². The molecule has 0 fully saturated rings. The summed E-state index contributed by atoms with van der Waals surface area (Å²) in [4.78, 5) is 7.18. The number of nitrogens with one attached hydrogen (secondary N) is 2. The SMILES string of the molecule is CC(N(C1=NC(Cl)N=C(Nc2cc(S(=O)(=O)O)cc3cc(S(=O)(=O)O)c(CN=Nc4ccc5ccccc5c4S(=O)(=O)O)c(O)c23)N1)c1ccccc1)S(=O)[O-]. The van der Waals surface area contributed by atoms with Gasteiger partial charge in [0.1, 0.15) is 21.2 Å². The molecule has 0 spiro atoms. The Morgan fingerprint density at radius 3 is 2.23 bits per heavy atom. The second-order valence-electron chi connectivity index (χ2n) is 11.8. The molecule has 0 aliphatic carbocycles. The third-order valence-electron chi connectivity index (χ3n) is 8.20. The number of fused-ring (bicyclic) bond motifs is 2. The molecule has 19 nitrogen and oxygen atoms in total. The molecule has 0 radical (unpaired) electrons. The zero-order valence-corrected chi connectivity index (χ0v) is 32.3. The van der Waals surface area contributed by atoms with Gasteiger partial charge < -0.3 is 15.0 Å². The highest BCUT2D eigenvalue weighted by molar-refractivity contribution is 7.86. The lowest BCUT2D eigenvalue weighted by Gasteiger charge is -2.35. The Balaban J connectivity index is 1.47. The number of guanidine groups is 2. The first-order valence-corrected chi connectivity index (χ1v) is 21.5. The van der Waals surface area contributed by atoms with Crippen molar-refractivity contribution < 1.29 is 52.8 Å². The summed E-state index contributed by atoms with van der Waals surface area (Å²) in [6, 6.07) is 19.5. The number of hydrogen-bond donors (Lipinski definition) is 6. The fraction of sp³-hybridized carbons (Fsp3) is 0.125. The van der Waals surface area contributed by atoms with E-state index in [1.54, 1.807) is 42.5 Å². The quantitative estimate of drug-likeness (QED) is 0.0364. The number of halogens is 1. The topological polar surface area (TPSA) is 300 Å². The normalized spacial score (nSPS) is 16.3. The van der Waals surface area contributed by atoms with Gasteiger partial charge in [0.2, 0.25) is 17.5 Å². The van der Waals surface area contributed by atoms with Crippen molar-refractivity contribution in [2.24, 2.45) is 20.2 Å². The Morgan fingerprint density at radius 1 is 0.911 bits per heavy atom. The van der Waals surface area contributed by atoms with Crippen molar-refractivity contribution in [3.63, 3.8) is 0 Å². The number of phenolic OH excluding ortho intramolecular Hbond substituents is 1. The maximum atomic E-state index is 12.6. The van der Waals surface area contributed by atoms with Gasteiger partial charge in [0.15, 0.2) is 0 Å². The van der Waals surface area contributed by atoms with Crippen LogP contribution in [-0.4, -0.2) is 75.7 Å². The molecule has 5 aromatic rings. The van der Waals surface area contributed by atoms with Crippen molar-refractivity contribution in [3.05, 3.63) is 90.5 Å². The Morgan fingerprint density at radius 2 is 1.59 bits per heavy atom. The van der Waals surface area contributed by atoms with Crippen LogP contribution in [0.3, 0.4) is 0 Å². The molecule has 0 amide bonds. The number of alkyl halides is 1. The standard InChI is InChI=1S/C32H28ClN7O12S4/c1-17(53(42)43)40(20-8-3-2-4-9-20)32-37-30(33)36-31(38-32)35-25-15-21(54(44,45)46)13-19-14-26(55(47,48)49)23(28(41)27(19)25)16-34-39-24-12-11-18-7-5-6-10-22(18)29(24)56(50,51)52/h2-15,17,30,41H,16H2,1H3,(H,42,43)(H,44,45,46)(H,47,48,49)(H,50,51,52)(H2,35,36,37,38)/p-1. The summed E-state index contributed by atoms with van der Waals surface area (Å²) < 4.78 is 129. The monoisotopic (exact) mass is 864 g/mol. The molecular weight excluding hydrogens is 838 g/mol. The molecule has 3 unspecified atom stereocenters. The first-order valence-electron chi connectivity index (χ1n) is 15.6. The molecule has 0 saturated carbocycles. The lowest BCUT2D eigenvalue weighted by atomic mass is 10.0. The first-order chi connectivity index (χ1) is 26.2. The molecule has 56 heavy (non-hydrogen) atoms. The maximum Gasteiger partial charge on any atom is 0.297 e. The van der Waals surface area contributed by atoms with Crippen LogP contribution in [-0.2, 0) is 48.0 Å². The minimum atomic E-state index is -5.21. The van der Waals surface area contributed by atoms with Gasteiger partial charge in [-0.25, -0.2) is 9.98 Å². The number of para-hydroxylation sites is 1. The molecule has 5 aromatic carbocycles. The Bertz CT molecular complexity index is 2860. The van der Waals surface area contributed by atoms with Crippen LogP contribution in [0.4, 0.5) is 17.1 Å². The number of nitrogens with zero attached hydrogens (tertiary/aromatic N) is 5. The molecule has 294 valence electrons. The van der Waals surface area contributed by atoms with Gasteiger partial charge in [-0.15, -0.1) is 0 Å². The van der Waals surface area contributed by atoms with Crippen LogP contribution in [0.2, 0.25) is 0 Å². The van der Waals surface area contributed by atoms with Crippen LogP contribution in [0.1, 0.15) is 12.5 Å². The van der Waals surface area contributed by atoms with Gasteiger partial charge in [-0.1, -0.05) is 60.1 Å². The minimum absolute atomic E-state index is 0.0956. The summed E-state index contributed by atoms with van der Waals surface area (Å²) in [5.74, 6) is -1.33. The summed E-state index contributed by atoms with van der Waals surface area (Å²) in [5.41, 5.74) is -2.34. The average molecular weight is 865 g/mol. The van der Waals surface area contributed by atoms with Crippen LogP contribution < -0.4 is 15.5 Å². The van der Waals surface area contributed by atoms with E-state index in [2.05, 4.69) is 30.8 Å². The van der Waals surface area contributed by atoms with Crippen LogP contribution in [0, 0.1) is 0 Å². The Kier molecular flexibility index (Phi) is 11.2. The van der Waals surface area contributed by atoms with Gasteiger partial charge in [-0.3, -0.25) is 28.1 Å². The van der Waals surface area contributed by atoms with Crippen LogP contribution in [0.5, 0.6) is 5.75 Å². The fourth-order valence-corrected chi connectivity index (χ4v) is 8.52. The molecule has 1 aliphatic rings. The molecule has 0 aromatic heterocycles. The van der Waals surface area contributed by atoms with Gasteiger partial charge in [-0.05, 0) is 65.2 Å². The number of benzene rings is 5. The van der Waals surface area contributed by atoms with E-state index in [9.17, 15) is 52.8 Å². The highest BCUT2D eigenvalue weighted by atomic mass is 35.5. The molecule has 0 saturated heterocycles. The number of anilines is 2. The minimum Gasteiger partial charge on any atom is -0.771 e. The summed E-state index contributed by atoms with van der Waals surface area (Å²) in [7, 11) is -15.1. The Labute approximate surface area is 326 Å². The molecule has 24 heteroatoms. The first kappa shape index (κ1) is 40.6. The van der Waals surface area contributed by atoms with Crippen molar-refractivity contribution >= 4 is 104 Å². The maximum absolute atomic E-state index is 12.6. The molecule has 1 aliphatic heterocycles. The number of hydrogen-bond acceptors (Lipinski definition) is 16. The predicted molar refractivity (Wildman–Crippen MR) is 206 cm³/mol. The van der Waals surface area contributed by atoms with E-state index in [-0.39, 0.29) is 39.5 Å². The van der Waals surface area contributed by atoms with Crippen molar-refractivity contribution in [2.75, 3.05) is 10.2 Å². The third kappa shape index (κ3) is 8.49. The van der Waals surface area contributed by atoms with E-state index in [1.165, 1.54) is 36.1 Å². The average Bonchev–Trinajstić information content (AvgIpc) is 3.11. The second-order valence-corrected chi connectivity index (χ2v) is 17.6. The number of aliphatic imine (C=N–C) groups is 2. The fourth-order valence-electron chi connectivity index (χ4n) is 5.80. The van der Waals surface area contributed by atoms with Crippen molar-refractivity contribution in [3.8, 4) is 5.75 Å². The summed E-state index contributed by atoms with van der Waals surface area (Å²) in [6.07, 6.45) is 0. The number of phenols is 1. The lowest BCUT2D eigenvalue weighted by Crippen LogP contribution is -2.53. The van der Waals surface area contributed by atoms with Crippen LogP contribution in [0.15, 0.2) is 120 Å². The van der Waals surface area contributed by atoms with E-state index in [0.717, 1.165) is 18.2 Å². The summed E-state index contributed by atoms with van der Waals surface area (Å²) in [6.45, 7) is 0.517. The van der Waals surface area contributed by atoms with Crippen molar-refractivity contribution in [2.45, 2.75) is 39.2 Å². The summed E-state index contributed by atoms with van der Waals surface area (Å²) >= 11 is 3.64. The highest BCUT2D eigenvalue weighted by Crippen LogP contribution is 2.41. The molecule has 0 bridgehead atoms. The number of rotatable bonds is 10. The predicted octanol–water partition coefficient (Wildman–Crippen LogP) is 4.70. The van der Waals surface area contributed by atoms with Gasteiger partial charge in [0, 0.05) is 22.0 Å². The van der Waals surface area contributed by atoms with E-state index in [0.29, 0.717) is 11.1 Å². The van der Waals surface area contributed by atoms with Gasteiger partial charge in [-0.2, -0.15) is 35.5 Å². The van der Waals surface area contributed by atoms with E-state index in [1.807, 2.05) is 0 Å². The smallest absolute Gasteiger partial charge is 0.297 e. The Hall–Kier alpha value is -5.11. The van der Waals surface area contributed by atoms with Crippen LogP contribution >= 0.6 is 11.6 Å². The molecule has 6 rings (SSSR count). The zero-order chi connectivity index (χ0) is 40.7. The van der Waals surface area contributed by atoms with E-state index < -0.39 is 85.0 Å². The van der Waals surface area contributed by atoms with E-state index in [4.69, 9.17) is 11.6 Å². The van der Waals surface area contributed by atoms with Gasteiger partial charge in [0.25, 0.3) is 30.4 Å². The largest absolute Gasteiger partial charge is 0.771 e. The zero-order valence-electron chi connectivity index (χ0n) is 28.2. The van der Waals surface area contributed by atoms with Crippen molar-refractivity contribution in [1.29, 1.82) is 0 Å². The lowest BCUT2D eigenvalue weighted by molar-refractivity contribution is 0.463. The van der Waals surface area contributed by atoms with E-state index >= 15 is 0 Å². The van der Waals surface area contributed by atoms with Crippen LogP contribution in [0.25, 0.3) is 21.5 Å². The van der Waals surface area contributed by atoms with Crippen molar-refractivity contribution in [1.82, 2.24) is 5.32 Å². The number of aromatic hydroxyl groups is 1. The third-order valence-corrected chi connectivity index (χ3v) is 11.9.